The van der Waals surface area contributed by atoms with E-state index < -0.39 is 10.0 Å². The molecule has 7 heteroatoms. The minimum absolute atomic E-state index is 0.0379. The fraction of sp³-hybridized carbons (Fsp3) is 0.667. The lowest BCUT2D eigenvalue weighted by molar-refractivity contribution is 0.473. The van der Waals surface area contributed by atoms with E-state index in [0.717, 1.165) is 11.4 Å². The summed E-state index contributed by atoms with van der Waals surface area (Å²) < 4.78 is 26.3. The molecule has 1 atom stereocenters. The van der Waals surface area contributed by atoms with E-state index in [1.807, 2.05) is 6.92 Å². The molecule has 1 aliphatic rings. The fourth-order valence-corrected chi connectivity index (χ4v) is 4.97. The minimum atomic E-state index is -3.37. The Morgan fingerprint density at radius 2 is 2.19 bits per heavy atom. The Kier molecular flexibility index (Phi) is 3.04. The van der Waals surface area contributed by atoms with Crippen molar-refractivity contribution in [2.75, 3.05) is 13.1 Å². The zero-order valence-corrected chi connectivity index (χ0v) is 10.9. The molecule has 90 valence electrons. The normalized spacial score (nSPS) is 22.8. The summed E-state index contributed by atoms with van der Waals surface area (Å²) in [5.74, 6) is 0. The molecule has 1 aromatic heterocycles. The van der Waals surface area contributed by atoms with Crippen molar-refractivity contribution < 1.29 is 8.42 Å². The Bertz CT molecular complexity index is 495. The molecule has 1 fully saturated rings. The molecule has 16 heavy (non-hydrogen) atoms. The summed E-state index contributed by atoms with van der Waals surface area (Å²) in [6, 6.07) is -0.0379. The maximum absolute atomic E-state index is 12.3. The summed E-state index contributed by atoms with van der Waals surface area (Å²) in [7, 11) is -3.37. The third kappa shape index (κ3) is 2.00. The summed E-state index contributed by atoms with van der Waals surface area (Å²) in [5.41, 5.74) is 6.31. The average molecular weight is 261 g/mol. The summed E-state index contributed by atoms with van der Waals surface area (Å²) in [4.78, 5) is 4.15. The topological polar surface area (TPSA) is 76.3 Å². The molecule has 0 bridgehead atoms. The van der Waals surface area contributed by atoms with Gasteiger partial charge in [-0.05, 0) is 20.3 Å². The largest absolute Gasteiger partial charge is 0.326 e. The van der Waals surface area contributed by atoms with Crippen LogP contribution < -0.4 is 5.73 Å². The third-order valence-corrected chi connectivity index (χ3v) is 6.15. The van der Waals surface area contributed by atoms with Crippen molar-refractivity contribution in [3.8, 4) is 0 Å². The van der Waals surface area contributed by atoms with E-state index >= 15 is 0 Å². The number of sulfonamides is 1. The van der Waals surface area contributed by atoms with Gasteiger partial charge >= 0.3 is 0 Å². The van der Waals surface area contributed by atoms with Crippen LogP contribution in [-0.4, -0.2) is 36.8 Å². The maximum Gasteiger partial charge on any atom is 0.254 e. The van der Waals surface area contributed by atoms with Gasteiger partial charge in [-0.1, -0.05) is 0 Å². The van der Waals surface area contributed by atoms with E-state index in [0.29, 0.717) is 23.0 Å². The van der Waals surface area contributed by atoms with Crippen LogP contribution in [0.15, 0.2) is 4.21 Å². The molecular formula is C9H15N3O2S2. The van der Waals surface area contributed by atoms with Gasteiger partial charge in [0.2, 0.25) is 0 Å². The third-order valence-electron chi connectivity index (χ3n) is 2.62. The van der Waals surface area contributed by atoms with E-state index in [1.165, 1.54) is 15.6 Å². The van der Waals surface area contributed by atoms with Crippen molar-refractivity contribution in [2.45, 2.75) is 30.5 Å². The number of aryl methyl sites for hydroxylation is 2. The van der Waals surface area contributed by atoms with E-state index in [2.05, 4.69) is 4.98 Å². The van der Waals surface area contributed by atoms with Crippen molar-refractivity contribution in [2.24, 2.45) is 5.73 Å². The Morgan fingerprint density at radius 3 is 2.62 bits per heavy atom. The summed E-state index contributed by atoms with van der Waals surface area (Å²) in [6.07, 6.45) is 0.732. The van der Waals surface area contributed by atoms with E-state index in [-0.39, 0.29) is 6.04 Å². The van der Waals surface area contributed by atoms with Crippen LogP contribution in [0.1, 0.15) is 17.1 Å². The zero-order valence-electron chi connectivity index (χ0n) is 9.30. The Hall–Kier alpha value is -0.500. The standard InChI is InChI=1S/C9H15N3O2S2/c1-6-9(15-7(2)11-6)16(13,14)12-4-3-8(10)5-12/h8H,3-5,10H2,1-2H3/t8-/m1/s1. The van der Waals surface area contributed by atoms with Crippen molar-refractivity contribution in [3.05, 3.63) is 10.7 Å². The van der Waals surface area contributed by atoms with Gasteiger partial charge < -0.3 is 5.73 Å². The highest BCUT2D eigenvalue weighted by Crippen LogP contribution is 2.28. The van der Waals surface area contributed by atoms with Crippen molar-refractivity contribution >= 4 is 21.4 Å². The van der Waals surface area contributed by atoms with Crippen LogP contribution >= 0.6 is 11.3 Å². The molecule has 0 aromatic carbocycles. The molecule has 2 N–H and O–H groups in total. The van der Waals surface area contributed by atoms with Gasteiger partial charge in [0.15, 0.2) is 4.21 Å². The van der Waals surface area contributed by atoms with Gasteiger partial charge in [0.1, 0.15) is 0 Å². The highest BCUT2D eigenvalue weighted by atomic mass is 32.2. The molecular weight excluding hydrogens is 246 g/mol. The monoisotopic (exact) mass is 261 g/mol. The van der Waals surface area contributed by atoms with Crippen molar-refractivity contribution in [3.63, 3.8) is 0 Å². The zero-order chi connectivity index (χ0) is 11.9. The smallest absolute Gasteiger partial charge is 0.254 e. The molecule has 1 saturated heterocycles. The maximum atomic E-state index is 12.3. The SMILES string of the molecule is Cc1nc(C)c(S(=O)(=O)N2CC[C@@H](N)C2)s1. The first-order valence-corrected chi connectivity index (χ1v) is 7.36. The molecule has 1 aliphatic heterocycles. The quantitative estimate of drug-likeness (QED) is 0.840. The van der Waals surface area contributed by atoms with Crippen LogP contribution in [-0.2, 0) is 10.0 Å². The molecule has 0 amide bonds. The van der Waals surface area contributed by atoms with E-state index in [9.17, 15) is 8.42 Å². The first-order chi connectivity index (χ1) is 7.41. The second kappa shape index (κ2) is 4.06. The molecule has 2 rings (SSSR count). The first-order valence-electron chi connectivity index (χ1n) is 5.11. The van der Waals surface area contributed by atoms with Gasteiger partial charge in [-0.25, -0.2) is 13.4 Å². The van der Waals surface area contributed by atoms with Crippen LogP contribution in [0.2, 0.25) is 0 Å². The van der Waals surface area contributed by atoms with Gasteiger partial charge in [-0.2, -0.15) is 4.31 Å². The second-order valence-electron chi connectivity index (χ2n) is 4.02. The highest BCUT2D eigenvalue weighted by molar-refractivity contribution is 7.91. The first kappa shape index (κ1) is 12.0. The predicted molar refractivity (Wildman–Crippen MR) is 62.9 cm³/mol. The fourth-order valence-electron chi connectivity index (χ4n) is 1.84. The van der Waals surface area contributed by atoms with E-state index in [1.54, 1.807) is 6.92 Å². The number of nitrogens with zero attached hydrogens (tertiary/aromatic N) is 2. The summed E-state index contributed by atoms with van der Waals surface area (Å²) >= 11 is 1.23. The second-order valence-corrected chi connectivity index (χ2v) is 7.35. The Balaban J connectivity index is 2.36. The number of thiazole rings is 1. The van der Waals surface area contributed by atoms with Crippen LogP contribution in [0.3, 0.4) is 0 Å². The molecule has 0 aliphatic carbocycles. The van der Waals surface area contributed by atoms with Crippen LogP contribution in [0.5, 0.6) is 0 Å². The number of hydrogen-bond donors (Lipinski definition) is 1. The molecule has 0 unspecified atom stereocenters. The van der Waals surface area contributed by atoms with Crippen molar-refractivity contribution in [1.29, 1.82) is 0 Å². The molecule has 0 spiro atoms. The number of nitrogens with two attached hydrogens (primary N) is 1. The lowest BCUT2D eigenvalue weighted by Crippen LogP contribution is -2.31. The number of aromatic nitrogens is 1. The minimum Gasteiger partial charge on any atom is -0.326 e. The van der Waals surface area contributed by atoms with Crippen LogP contribution in [0.4, 0.5) is 0 Å². The van der Waals surface area contributed by atoms with Gasteiger partial charge in [-0.15, -0.1) is 11.3 Å². The highest BCUT2D eigenvalue weighted by Gasteiger charge is 2.33. The van der Waals surface area contributed by atoms with Gasteiger partial charge in [0.05, 0.1) is 10.7 Å². The van der Waals surface area contributed by atoms with Gasteiger partial charge in [-0.3, -0.25) is 0 Å². The van der Waals surface area contributed by atoms with Crippen molar-refractivity contribution in [1.82, 2.24) is 9.29 Å². The molecule has 0 radical (unpaired) electrons. The van der Waals surface area contributed by atoms with Crippen LogP contribution in [0, 0.1) is 13.8 Å². The van der Waals surface area contributed by atoms with E-state index in [4.69, 9.17) is 5.73 Å². The molecule has 1 aromatic rings. The van der Waals surface area contributed by atoms with Crippen LogP contribution in [0.25, 0.3) is 0 Å². The van der Waals surface area contributed by atoms with Gasteiger partial charge in [0, 0.05) is 19.1 Å². The lowest BCUT2D eigenvalue weighted by Gasteiger charge is -2.14. The lowest BCUT2D eigenvalue weighted by atomic mass is 10.3. The summed E-state index contributed by atoms with van der Waals surface area (Å²) in [5, 5.41) is 0.777. The molecule has 0 saturated carbocycles. The average Bonchev–Trinajstić information content (AvgIpc) is 2.73. The summed E-state index contributed by atoms with van der Waals surface area (Å²) in [6.45, 7) is 4.47. The number of hydrogen-bond acceptors (Lipinski definition) is 5. The number of rotatable bonds is 2. The Morgan fingerprint density at radius 1 is 1.50 bits per heavy atom. The van der Waals surface area contributed by atoms with Gasteiger partial charge in [0.25, 0.3) is 10.0 Å². The molecule has 5 nitrogen and oxygen atoms in total. The molecule has 2 heterocycles. The Labute approximate surface area is 99.3 Å². The predicted octanol–water partition coefficient (Wildman–Crippen LogP) is 0.482.